The van der Waals surface area contributed by atoms with Gasteiger partial charge in [-0.25, -0.2) is 0 Å². The van der Waals surface area contributed by atoms with Crippen LogP contribution in [0.1, 0.15) is 41.8 Å². The molecule has 0 spiro atoms. The first-order valence-corrected chi connectivity index (χ1v) is 7.55. The number of halogens is 1. The van der Waals surface area contributed by atoms with E-state index in [-0.39, 0.29) is 12.5 Å². The van der Waals surface area contributed by atoms with Crippen LogP contribution in [0.15, 0.2) is 11.4 Å². The summed E-state index contributed by atoms with van der Waals surface area (Å²) in [4.78, 5) is 23.9. The Labute approximate surface area is 120 Å². The van der Waals surface area contributed by atoms with E-state index in [2.05, 4.69) is 5.32 Å². The summed E-state index contributed by atoms with van der Waals surface area (Å²) >= 11 is 7.15. The third-order valence-corrected chi connectivity index (χ3v) is 5.02. The molecule has 0 saturated heterocycles. The summed E-state index contributed by atoms with van der Waals surface area (Å²) in [5.74, 6) is -1.10. The maximum absolute atomic E-state index is 12.0. The minimum Gasteiger partial charge on any atom is -0.481 e. The fourth-order valence-corrected chi connectivity index (χ4v) is 3.54. The van der Waals surface area contributed by atoms with Crippen LogP contribution in [0.25, 0.3) is 0 Å². The van der Waals surface area contributed by atoms with E-state index in [0.29, 0.717) is 22.7 Å². The van der Waals surface area contributed by atoms with Gasteiger partial charge in [-0.1, -0.05) is 30.9 Å². The van der Waals surface area contributed by atoms with E-state index >= 15 is 0 Å². The predicted molar refractivity (Wildman–Crippen MR) is 74.8 cm³/mol. The number of hydrogen-bond donors (Lipinski definition) is 2. The lowest BCUT2D eigenvalue weighted by molar-refractivity contribution is -0.150. The fraction of sp³-hybridized carbons (Fsp3) is 0.538. The number of carbonyl (C=O) groups excluding carboxylic acids is 1. The highest BCUT2D eigenvalue weighted by Crippen LogP contribution is 2.36. The summed E-state index contributed by atoms with van der Waals surface area (Å²) in [6.07, 6.45) is 4.13. The van der Waals surface area contributed by atoms with Gasteiger partial charge in [-0.2, -0.15) is 0 Å². The zero-order valence-corrected chi connectivity index (χ0v) is 12.0. The molecule has 6 heteroatoms. The summed E-state index contributed by atoms with van der Waals surface area (Å²) < 4.78 is 0. The first kappa shape index (κ1) is 14.3. The van der Waals surface area contributed by atoms with E-state index in [1.54, 1.807) is 11.4 Å². The Morgan fingerprint density at radius 2 is 2.05 bits per heavy atom. The summed E-state index contributed by atoms with van der Waals surface area (Å²) in [5, 5.41) is 14.3. The van der Waals surface area contributed by atoms with Gasteiger partial charge in [-0.05, 0) is 24.3 Å². The molecule has 1 aromatic rings. The van der Waals surface area contributed by atoms with E-state index in [1.165, 1.54) is 11.3 Å². The first-order valence-electron chi connectivity index (χ1n) is 6.30. The Balaban J connectivity index is 2.02. The van der Waals surface area contributed by atoms with Crippen LogP contribution in [0.2, 0.25) is 5.02 Å². The lowest BCUT2D eigenvalue weighted by atomic mass is 9.74. The van der Waals surface area contributed by atoms with Crippen LogP contribution in [0.3, 0.4) is 0 Å². The Hall–Kier alpha value is -1.07. The second kappa shape index (κ2) is 5.92. The average Bonchev–Trinajstić information content (AvgIpc) is 2.83. The van der Waals surface area contributed by atoms with E-state index in [1.807, 2.05) is 0 Å². The topological polar surface area (TPSA) is 66.4 Å². The molecule has 104 valence electrons. The second-order valence-electron chi connectivity index (χ2n) is 4.93. The molecule has 2 N–H and O–H groups in total. The number of thiophene rings is 1. The van der Waals surface area contributed by atoms with Gasteiger partial charge in [0.2, 0.25) is 0 Å². The van der Waals surface area contributed by atoms with E-state index in [4.69, 9.17) is 11.6 Å². The van der Waals surface area contributed by atoms with Crippen molar-refractivity contribution in [3.8, 4) is 0 Å². The lowest BCUT2D eigenvalue weighted by Gasteiger charge is -2.33. The van der Waals surface area contributed by atoms with Gasteiger partial charge in [-0.3, -0.25) is 9.59 Å². The molecule has 0 atom stereocenters. The van der Waals surface area contributed by atoms with Crippen LogP contribution in [0.5, 0.6) is 0 Å². The van der Waals surface area contributed by atoms with Gasteiger partial charge < -0.3 is 10.4 Å². The molecule has 0 unspecified atom stereocenters. The van der Waals surface area contributed by atoms with Crippen molar-refractivity contribution in [3.63, 3.8) is 0 Å². The minimum absolute atomic E-state index is 0.176. The Kier molecular flexibility index (Phi) is 4.47. The van der Waals surface area contributed by atoms with E-state index in [0.717, 1.165) is 19.3 Å². The molecule has 1 aliphatic rings. The number of carboxylic acid groups (broad SMARTS) is 1. The molecule has 1 heterocycles. The number of rotatable bonds is 4. The van der Waals surface area contributed by atoms with Gasteiger partial charge in [0.15, 0.2) is 0 Å². The van der Waals surface area contributed by atoms with Crippen LogP contribution in [0.4, 0.5) is 0 Å². The number of aliphatic carboxylic acids is 1. The van der Waals surface area contributed by atoms with Crippen molar-refractivity contribution in [2.75, 3.05) is 6.54 Å². The molecule has 0 bridgehead atoms. The van der Waals surface area contributed by atoms with Gasteiger partial charge in [0, 0.05) is 6.54 Å². The molecular weight excluding hydrogens is 286 g/mol. The first-order chi connectivity index (χ1) is 9.05. The zero-order valence-electron chi connectivity index (χ0n) is 10.4. The Morgan fingerprint density at radius 3 is 2.58 bits per heavy atom. The van der Waals surface area contributed by atoms with Crippen molar-refractivity contribution >= 4 is 34.8 Å². The SMILES string of the molecule is O=C(NCC1(C(=O)O)CCCCC1)c1sccc1Cl. The van der Waals surface area contributed by atoms with Crippen LogP contribution < -0.4 is 5.32 Å². The predicted octanol–water partition coefficient (Wildman–Crippen LogP) is 3.17. The van der Waals surface area contributed by atoms with E-state index in [9.17, 15) is 14.7 Å². The quantitative estimate of drug-likeness (QED) is 0.897. The van der Waals surface area contributed by atoms with Crippen molar-refractivity contribution in [2.24, 2.45) is 5.41 Å². The maximum atomic E-state index is 12.0. The minimum atomic E-state index is -0.815. The lowest BCUT2D eigenvalue weighted by Crippen LogP contribution is -2.44. The third kappa shape index (κ3) is 3.09. The third-order valence-electron chi connectivity index (χ3n) is 3.68. The molecule has 19 heavy (non-hydrogen) atoms. The highest BCUT2D eigenvalue weighted by atomic mass is 35.5. The van der Waals surface area contributed by atoms with Crippen LogP contribution in [-0.2, 0) is 4.79 Å². The molecule has 0 aliphatic heterocycles. The van der Waals surface area contributed by atoms with Gasteiger partial charge in [0.25, 0.3) is 5.91 Å². The molecule has 4 nitrogen and oxygen atoms in total. The van der Waals surface area contributed by atoms with Gasteiger partial charge >= 0.3 is 5.97 Å². The summed E-state index contributed by atoms with van der Waals surface area (Å²) in [5.41, 5.74) is -0.808. The molecule has 2 rings (SSSR count). The monoisotopic (exact) mass is 301 g/mol. The molecule has 1 aliphatic carbocycles. The standard InChI is InChI=1S/C13H16ClNO3S/c14-9-4-7-19-10(9)11(16)15-8-13(12(17)18)5-2-1-3-6-13/h4,7H,1-3,5-6,8H2,(H,15,16)(H,17,18). The largest absolute Gasteiger partial charge is 0.481 e. The van der Waals surface area contributed by atoms with Crippen molar-refractivity contribution in [1.29, 1.82) is 0 Å². The second-order valence-corrected chi connectivity index (χ2v) is 6.25. The van der Waals surface area contributed by atoms with Crippen molar-refractivity contribution in [3.05, 3.63) is 21.3 Å². The van der Waals surface area contributed by atoms with Crippen molar-refractivity contribution in [1.82, 2.24) is 5.32 Å². The highest BCUT2D eigenvalue weighted by Gasteiger charge is 2.39. The number of amides is 1. The Bertz CT molecular complexity index is 480. The van der Waals surface area contributed by atoms with Gasteiger partial charge in [-0.15, -0.1) is 11.3 Å². The average molecular weight is 302 g/mol. The summed E-state index contributed by atoms with van der Waals surface area (Å²) in [6.45, 7) is 0.176. The van der Waals surface area contributed by atoms with Crippen LogP contribution in [0, 0.1) is 5.41 Å². The summed E-state index contributed by atoms with van der Waals surface area (Å²) in [7, 11) is 0. The molecular formula is C13H16ClNO3S. The number of carbonyl (C=O) groups is 2. The number of hydrogen-bond acceptors (Lipinski definition) is 3. The van der Waals surface area contributed by atoms with Gasteiger partial charge in [0.05, 0.1) is 10.4 Å². The smallest absolute Gasteiger partial charge is 0.311 e. The molecule has 1 aromatic heterocycles. The normalized spacial score (nSPS) is 17.9. The van der Waals surface area contributed by atoms with Crippen LogP contribution in [-0.4, -0.2) is 23.5 Å². The maximum Gasteiger partial charge on any atom is 0.311 e. The van der Waals surface area contributed by atoms with Gasteiger partial charge in [0.1, 0.15) is 4.88 Å². The molecule has 0 radical (unpaired) electrons. The van der Waals surface area contributed by atoms with Crippen molar-refractivity contribution in [2.45, 2.75) is 32.1 Å². The number of nitrogens with one attached hydrogen (secondary N) is 1. The Morgan fingerprint density at radius 1 is 1.37 bits per heavy atom. The molecule has 1 amide bonds. The number of carboxylic acids is 1. The van der Waals surface area contributed by atoms with Crippen LogP contribution >= 0.6 is 22.9 Å². The van der Waals surface area contributed by atoms with Crippen molar-refractivity contribution < 1.29 is 14.7 Å². The molecule has 1 saturated carbocycles. The van der Waals surface area contributed by atoms with E-state index < -0.39 is 11.4 Å². The fourth-order valence-electron chi connectivity index (χ4n) is 2.48. The highest BCUT2D eigenvalue weighted by molar-refractivity contribution is 7.12. The zero-order chi connectivity index (χ0) is 13.9. The molecule has 0 aromatic carbocycles. The molecule has 1 fully saturated rings. The summed E-state index contributed by atoms with van der Waals surface area (Å²) in [6, 6.07) is 1.66.